The van der Waals surface area contributed by atoms with Crippen molar-refractivity contribution in [2.45, 2.75) is 38.2 Å². The summed E-state index contributed by atoms with van der Waals surface area (Å²) in [4.78, 5) is 26.4. The minimum absolute atomic E-state index is 0.0123. The smallest absolute Gasteiger partial charge is 0.416 e. The van der Waals surface area contributed by atoms with Crippen LogP contribution in [-0.4, -0.2) is 46.3 Å². The van der Waals surface area contributed by atoms with Gasteiger partial charge in [-0.1, -0.05) is 0 Å². The molecular weight excluding hydrogens is 535 g/mol. The van der Waals surface area contributed by atoms with Gasteiger partial charge >= 0.3 is 18.3 Å². The summed E-state index contributed by atoms with van der Waals surface area (Å²) in [7, 11) is 0. The maximum atomic E-state index is 13.5. The molecule has 0 saturated carbocycles. The number of piperidine rings is 1. The van der Waals surface area contributed by atoms with Crippen molar-refractivity contribution in [3.05, 3.63) is 76.7 Å². The number of hydrogen-bond donors (Lipinski definition) is 0. The number of halogens is 7. The lowest BCUT2D eigenvalue weighted by Crippen LogP contribution is -2.39. The lowest BCUT2D eigenvalue weighted by molar-refractivity contribution is -0.143. The number of likely N-dealkylation sites (tertiary alicyclic amines) is 1. The second-order valence-electron chi connectivity index (χ2n) is 8.90. The summed E-state index contributed by atoms with van der Waals surface area (Å²) in [6, 6.07) is 7.40. The van der Waals surface area contributed by atoms with Crippen LogP contribution in [0.2, 0.25) is 0 Å². The molecule has 1 saturated heterocycles. The van der Waals surface area contributed by atoms with Crippen LogP contribution in [0, 0.1) is 5.82 Å². The van der Waals surface area contributed by atoms with Gasteiger partial charge in [-0.2, -0.15) is 31.4 Å². The topological polar surface area (TPSA) is 64.4 Å². The van der Waals surface area contributed by atoms with Gasteiger partial charge in [0.05, 0.1) is 29.5 Å². The van der Waals surface area contributed by atoms with Crippen LogP contribution in [0.1, 0.15) is 57.8 Å². The van der Waals surface area contributed by atoms with Gasteiger partial charge in [0.1, 0.15) is 5.82 Å². The van der Waals surface area contributed by atoms with Gasteiger partial charge in [-0.15, -0.1) is 0 Å². The van der Waals surface area contributed by atoms with Crippen LogP contribution in [-0.2, 0) is 17.1 Å². The molecule has 2 heterocycles. The minimum atomic E-state index is -5.07. The summed E-state index contributed by atoms with van der Waals surface area (Å²) < 4.78 is 99.4. The lowest BCUT2D eigenvalue weighted by Gasteiger charge is -2.33. The molecule has 1 aliphatic heterocycles. The average Bonchev–Trinajstić information content (AvgIpc) is 3.33. The van der Waals surface area contributed by atoms with Crippen LogP contribution < -0.4 is 0 Å². The van der Waals surface area contributed by atoms with Crippen molar-refractivity contribution < 1.29 is 45.1 Å². The molecule has 208 valence electrons. The third kappa shape index (κ3) is 6.23. The molecule has 3 aromatic rings. The molecule has 4 rings (SSSR count). The van der Waals surface area contributed by atoms with E-state index in [9.17, 15) is 40.3 Å². The summed E-state index contributed by atoms with van der Waals surface area (Å²) in [5.41, 5.74) is -2.80. The highest BCUT2D eigenvalue weighted by Crippen LogP contribution is 2.37. The van der Waals surface area contributed by atoms with Crippen LogP contribution >= 0.6 is 0 Å². The van der Waals surface area contributed by atoms with E-state index >= 15 is 0 Å². The number of esters is 1. The monoisotopic (exact) mass is 557 g/mol. The Morgan fingerprint density at radius 1 is 0.923 bits per heavy atom. The van der Waals surface area contributed by atoms with Crippen LogP contribution in [0.25, 0.3) is 11.3 Å². The fraction of sp³-hybridized carbons (Fsp3) is 0.346. The molecule has 1 amide bonds. The second kappa shape index (κ2) is 10.7. The van der Waals surface area contributed by atoms with E-state index in [1.807, 2.05) is 0 Å². The quantitative estimate of drug-likeness (QED) is 0.270. The summed E-state index contributed by atoms with van der Waals surface area (Å²) in [5, 5.41) is 4.35. The SMILES string of the molecule is CCOC(=O)c1cc(-c2ccc(F)cc2)n(C2CCN(C(=O)c3cc(C(F)(F)F)cc(C(F)(F)F)c3)CC2)n1. The maximum absolute atomic E-state index is 13.5. The molecule has 6 nitrogen and oxygen atoms in total. The Morgan fingerprint density at radius 3 is 2.00 bits per heavy atom. The number of alkyl halides is 6. The highest BCUT2D eigenvalue weighted by atomic mass is 19.4. The van der Waals surface area contributed by atoms with E-state index in [0.29, 0.717) is 23.4 Å². The van der Waals surface area contributed by atoms with E-state index in [-0.39, 0.29) is 50.3 Å². The summed E-state index contributed by atoms with van der Waals surface area (Å²) >= 11 is 0. The van der Waals surface area contributed by atoms with E-state index in [4.69, 9.17) is 4.74 Å². The van der Waals surface area contributed by atoms with E-state index in [0.717, 1.165) is 0 Å². The Morgan fingerprint density at radius 2 is 1.49 bits per heavy atom. The van der Waals surface area contributed by atoms with Crippen LogP contribution in [0.4, 0.5) is 30.7 Å². The zero-order valence-electron chi connectivity index (χ0n) is 20.4. The predicted octanol–water partition coefficient (Wildman–Crippen LogP) is 6.38. The molecule has 1 fully saturated rings. The normalized spacial score (nSPS) is 14.9. The fourth-order valence-electron chi connectivity index (χ4n) is 4.39. The predicted molar refractivity (Wildman–Crippen MR) is 124 cm³/mol. The molecule has 0 spiro atoms. The molecule has 39 heavy (non-hydrogen) atoms. The molecule has 0 radical (unpaired) electrons. The number of ether oxygens (including phenoxy) is 1. The van der Waals surface area contributed by atoms with Gasteiger partial charge < -0.3 is 9.64 Å². The molecule has 0 bridgehead atoms. The van der Waals surface area contributed by atoms with E-state index in [1.54, 1.807) is 11.6 Å². The highest BCUT2D eigenvalue weighted by Gasteiger charge is 2.38. The first kappa shape index (κ1) is 28.1. The minimum Gasteiger partial charge on any atom is -0.461 e. The van der Waals surface area contributed by atoms with Gasteiger partial charge in [0, 0.05) is 24.2 Å². The number of benzene rings is 2. The molecule has 1 aliphatic rings. The Bertz CT molecular complexity index is 1320. The molecule has 0 aliphatic carbocycles. The maximum Gasteiger partial charge on any atom is 0.416 e. The molecule has 2 aromatic carbocycles. The molecule has 0 atom stereocenters. The van der Waals surface area contributed by atoms with Crippen molar-refractivity contribution >= 4 is 11.9 Å². The van der Waals surface area contributed by atoms with E-state index < -0.39 is 46.7 Å². The van der Waals surface area contributed by atoms with Crippen LogP contribution in [0.5, 0.6) is 0 Å². The number of amides is 1. The van der Waals surface area contributed by atoms with Crippen molar-refractivity contribution in [1.29, 1.82) is 0 Å². The number of rotatable bonds is 5. The zero-order chi connectivity index (χ0) is 28.5. The van der Waals surface area contributed by atoms with Gasteiger partial charge in [0.2, 0.25) is 0 Å². The second-order valence-corrected chi connectivity index (χ2v) is 8.90. The molecular formula is C26H22F7N3O3. The van der Waals surface area contributed by atoms with E-state index in [1.165, 1.54) is 35.2 Å². The summed E-state index contributed by atoms with van der Waals surface area (Å²) in [6.45, 7) is 1.77. The van der Waals surface area contributed by atoms with Crippen LogP contribution in [0.15, 0.2) is 48.5 Å². The van der Waals surface area contributed by atoms with Gasteiger partial charge in [-0.3, -0.25) is 9.48 Å². The summed E-state index contributed by atoms with van der Waals surface area (Å²) in [5.74, 6) is -2.10. The zero-order valence-corrected chi connectivity index (χ0v) is 20.4. The fourth-order valence-corrected chi connectivity index (χ4v) is 4.39. The highest BCUT2D eigenvalue weighted by molar-refractivity contribution is 5.95. The first-order valence-corrected chi connectivity index (χ1v) is 11.9. The number of hydrogen-bond acceptors (Lipinski definition) is 4. The Labute approximate surface area is 218 Å². The number of carbonyl (C=O) groups is 2. The average molecular weight is 557 g/mol. The Balaban J connectivity index is 1.58. The van der Waals surface area contributed by atoms with Crippen molar-refractivity contribution in [2.24, 2.45) is 0 Å². The first-order valence-electron chi connectivity index (χ1n) is 11.9. The third-order valence-electron chi connectivity index (χ3n) is 6.29. The third-order valence-corrected chi connectivity index (χ3v) is 6.29. The summed E-state index contributed by atoms with van der Waals surface area (Å²) in [6.07, 6.45) is -9.66. The number of nitrogens with zero attached hydrogens (tertiary/aromatic N) is 3. The van der Waals surface area contributed by atoms with Crippen LogP contribution in [0.3, 0.4) is 0 Å². The van der Waals surface area contributed by atoms with Gasteiger partial charge in [0.25, 0.3) is 5.91 Å². The van der Waals surface area contributed by atoms with Gasteiger partial charge in [-0.05, 0) is 68.3 Å². The standard InChI is InChI=1S/C26H22F7N3O3/c1-2-39-24(38)21-14-22(15-3-5-19(27)6-4-15)36(34-21)20-7-9-35(10-8-20)23(37)16-11-17(25(28,29)30)13-18(12-16)26(31,32)33/h3-6,11-14,20H,2,7-10H2,1H3. The van der Waals surface area contributed by atoms with Gasteiger partial charge in [0.15, 0.2) is 5.69 Å². The van der Waals surface area contributed by atoms with Gasteiger partial charge in [-0.25, -0.2) is 9.18 Å². The first-order chi connectivity index (χ1) is 18.3. The molecule has 13 heteroatoms. The van der Waals surface area contributed by atoms with Crippen molar-refractivity contribution in [3.63, 3.8) is 0 Å². The molecule has 0 unspecified atom stereocenters. The molecule has 0 N–H and O–H groups in total. The van der Waals surface area contributed by atoms with Crippen molar-refractivity contribution in [1.82, 2.24) is 14.7 Å². The number of aromatic nitrogens is 2. The molecule has 1 aromatic heterocycles. The van der Waals surface area contributed by atoms with E-state index in [2.05, 4.69) is 5.10 Å². The van der Waals surface area contributed by atoms with Crippen molar-refractivity contribution in [2.75, 3.05) is 19.7 Å². The Hall–Kier alpha value is -3.90. The Kier molecular flexibility index (Phi) is 7.71. The number of carbonyl (C=O) groups excluding carboxylic acids is 2. The largest absolute Gasteiger partial charge is 0.461 e. The lowest BCUT2D eigenvalue weighted by atomic mass is 10.0. The van der Waals surface area contributed by atoms with Crippen molar-refractivity contribution in [3.8, 4) is 11.3 Å².